The zero-order valence-electron chi connectivity index (χ0n) is 6.61. The molecule has 0 aliphatic heterocycles. The molecule has 1 aromatic heterocycles. The van der Waals surface area contributed by atoms with Crippen molar-refractivity contribution in [3.63, 3.8) is 0 Å². The second-order valence-electron chi connectivity index (χ2n) is 1.55. The van der Waals surface area contributed by atoms with Gasteiger partial charge in [-0.25, -0.2) is 4.79 Å². The fourth-order valence-corrected chi connectivity index (χ4v) is 0.489. The van der Waals surface area contributed by atoms with Crippen molar-refractivity contribution in [2.45, 2.75) is 0 Å². The van der Waals surface area contributed by atoms with Crippen LogP contribution in [0.5, 0.6) is 0 Å². The number of hydrogen-bond donors (Lipinski definition) is 1. The first-order chi connectivity index (χ1) is 4.30. The molecule has 0 fully saturated rings. The van der Waals surface area contributed by atoms with Crippen LogP contribution in [0.1, 0.15) is 10.4 Å². The van der Waals surface area contributed by atoms with Crippen molar-refractivity contribution < 1.29 is 39.5 Å². The van der Waals surface area contributed by atoms with Crippen molar-refractivity contribution in [3.05, 3.63) is 37.5 Å². The van der Waals surface area contributed by atoms with Crippen molar-refractivity contribution in [1.82, 2.24) is 4.98 Å². The molecule has 1 N–H and O–H groups in total. The number of carbonyl (C=O) groups is 1. The number of carboxylic acids is 1. The Labute approximate surface area is 87.8 Å². The molecule has 0 amide bonds. The van der Waals surface area contributed by atoms with Crippen LogP contribution in [0, 0.1) is 7.43 Å². The summed E-state index contributed by atoms with van der Waals surface area (Å²) in [4.78, 5) is 13.8. The van der Waals surface area contributed by atoms with E-state index >= 15 is 0 Å². The minimum absolute atomic E-state index is 0. The average molecular weight is 161 g/mol. The molecule has 0 saturated heterocycles. The molecule has 0 radical (unpaired) electrons. The fraction of sp³-hybridized carbons (Fsp3) is 0. The molecule has 1 rings (SSSR count). The molecular weight excluding hydrogens is 153 g/mol. The van der Waals surface area contributed by atoms with E-state index in [1.807, 2.05) is 0 Å². The topological polar surface area (TPSA) is 50.2 Å². The molecule has 0 spiro atoms. The van der Waals surface area contributed by atoms with Gasteiger partial charge in [0.2, 0.25) is 0 Å². The molecular formula is C7H8NNaO2. The minimum atomic E-state index is -0.942. The van der Waals surface area contributed by atoms with Crippen molar-refractivity contribution in [2.75, 3.05) is 0 Å². The summed E-state index contributed by atoms with van der Waals surface area (Å²) in [5.74, 6) is -0.942. The Balaban J connectivity index is 0. The maximum absolute atomic E-state index is 10.2. The number of carboxylic acid groups (broad SMARTS) is 1. The third-order valence-corrected chi connectivity index (χ3v) is 0.908. The van der Waals surface area contributed by atoms with E-state index < -0.39 is 5.97 Å². The minimum Gasteiger partial charge on any atom is -0.478 e. The van der Waals surface area contributed by atoms with E-state index in [2.05, 4.69) is 4.98 Å². The number of hydrogen-bond acceptors (Lipinski definition) is 2. The van der Waals surface area contributed by atoms with E-state index in [1.54, 1.807) is 6.07 Å². The maximum Gasteiger partial charge on any atom is 1.00 e. The molecule has 3 nitrogen and oxygen atoms in total. The Morgan fingerprint density at radius 2 is 2.18 bits per heavy atom. The molecule has 1 heterocycles. The number of aromatic carboxylic acids is 1. The third kappa shape index (κ3) is 4.14. The molecule has 0 bridgehead atoms. The van der Waals surface area contributed by atoms with Gasteiger partial charge in [0.15, 0.2) is 0 Å². The summed E-state index contributed by atoms with van der Waals surface area (Å²) >= 11 is 0. The zero-order chi connectivity index (χ0) is 6.69. The molecule has 0 aliphatic carbocycles. The van der Waals surface area contributed by atoms with E-state index in [9.17, 15) is 4.79 Å². The SMILES string of the molecule is O=C(O)c1cccnc1.[CH3-].[Na+]. The predicted molar refractivity (Wildman–Crippen MR) is 37.6 cm³/mol. The van der Waals surface area contributed by atoms with E-state index in [4.69, 9.17) is 5.11 Å². The summed E-state index contributed by atoms with van der Waals surface area (Å²) in [7, 11) is 0. The largest absolute Gasteiger partial charge is 1.00 e. The van der Waals surface area contributed by atoms with Gasteiger partial charge < -0.3 is 12.5 Å². The van der Waals surface area contributed by atoms with E-state index in [-0.39, 0.29) is 42.5 Å². The predicted octanol–water partition coefficient (Wildman–Crippen LogP) is -1.77. The number of pyridine rings is 1. The Hall–Kier alpha value is -0.380. The van der Waals surface area contributed by atoms with Crippen LogP contribution in [0.4, 0.5) is 0 Å². The molecule has 0 aromatic carbocycles. The molecule has 0 aliphatic rings. The van der Waals surface area contributed by atoms with Gasteiger partial charge >= 0.3 is 35.5 Å². The van der Waals surface area contributed by atoms with Gasteiger partial charge in [0.05, 0.1) is 5.56 Å². The van der Waals surface area contributed by atoms with Gasteiger partial charge in [-0.15, -0.1) is 0 Å². The van der Waals surface area contributed by atoms with Crippen LogP contribution >= 0.6 is 0 Å². The monoisotopic (exact) mass is 161 g/mol. The van der Waals surface area contributed by atoms with Gasteiger partial charge in [-0.2, -0.15) is 0 Å². The van der Waals surface area contributed by atoms with Crippen molar-refractivity contribution in [3.8, 4) is 0 Å². The van der Waals surface area contributed by atoms with Gasteiger partial charge in [0.1, 0.15) is 0 Å². The van der Waals surface area contributed by atoms with Gasteiger partial charge in [-0.05, 0) is 12.1 Å². The second-order valence-corrected chi connectivity index (χ2v) is 1.55. The van der Waals surface area contributed by atoms with Crippen LogP contribution in [0.25, 0.3) is 0 Å². The smallest absolute Gasteiger partial charge is 0.478 e. The first-order valence-corrected chi connectivity index (χ1v) is 2.44. The van der Waals surface area contributed by atoms with Gasteiger partial charge in [0, 0.05) is 12.4 Å². The fourth-order valence-electron chi connectivity index (χ4n) is 0.489. The Morgan fingerprint density at radius 1 is 1.55 bits per heavy atom. The van der Waals surface area contributed by atoms with Crippen molar-refractivity contribution in [2.24, 2.45) is 0 Å². The summed E-state index contributed by atoms with van der Waals surface area (Å²) in [6.07, 6.45) is 2.84. The van der Waals surface area contributed by atoms with E-state index in [0.717, 1.165) is 0 Å². The number of aromatic nitrogens is 1. The molecule has 4 heteroatoms. The van der Waals surface area contributed by atoms with Crippen LogP contribution in [0.2, 0.25) is 0 Å². The maximum atomic E-state index is 10.2. The Bertz CT molecular complexity index is 213. The molecule has 0 saturated carbocycles. The van der Waals surface area contributed by atoms with E-state index in [1.165, 1.54) is 18.5 Å². The molecule has 0 unspecified atom stereocenters. The van der Waals surface area contributed by atoms with Gasteiger partial charge in [-0.1, -0.05) is 0 Å². The van der Waals surface area contributed by atoms with Crippen LogP contribution in [0.15, 0.2) is 24.5 Å². The van der Waals surface area contributed by atoms with Crippen LogP contribution in [0.3, 0.4) is 0 Å². The summed E-state index contributed by atoms with van der Waals surface area (Å²) in [5, 5.41) is 8.34. The normalized spacial score (nSPS) is 7.27. The summed E-state index contributed by atoms with van der Waals surface area (Å²) in [5.41, 5.74) is 0.220. The Morgan fingerprint density at radius 3 is 2.45 bits per heavy atom. The first-order valence-electron chi connectivity index (χ1n) is 2.44. The van der Waals surface area contributed by atoms with Crippen LogP contribution < -0.4 is 29.6 Å². The van der Waals surface area contributed by atoms with Gasteiger partial charge in [0.25, 0.3) is 0 Å². The van der Waals surface area contributed by atoms with E-state index in [0.29, 0.717) is 0 Å². The number of rotatable bonds is 1. The number of nitrogens with zero attached hydrogens (tertiary/aromatic N) is 1. The molecule has 0 atom stereocenters. The zero-order valence-corrected chi connectivity index (χ0v) is 8.61. The summed E-state index contributed by atoms with van der Waals surface area (Å²) in [6.45, 7) is 0. The average Bonchev–Trinajstić information content (AvgIpc) is 1.90. The first kappa shape index (κ1) is 13.2. The standard InChI is InChI=1S/C6H5NO2.CH3.Na/c8-6(9)5-2-1-3-7-4-5;;/h1-4H,(H,8,9);1H3;/q;-1;+1. The summed E-state index contributed by atoms with van der Waals surface area (Å²) in [6, 6.07) is 3.08. The molecule has 1 aromatic rings. The second kappa shape index (κ2) is 6.34. The summed E-state index contributed by atoms with van der Waals surface area (Å²) < 4.78 is 0. The third-order valence-electron chi connectivity index (χ3n) is 0.908. The Kier molecular flexibility index (Phi) is 7.62. The van der Waals surface area contributed by atoms with Crippen LogP contribution in [-0.4, -0.2) is 16.1 Å². The van der Waals surface area contributed by atoms with Crippen molar-refractivity contribution >= 4 is 5.97 Å². The molecule has 54 valence electrons. The van der Waals surface area contributed by atoms with Crippen LogP contribution in [-0.2, 0) is 0 Å². The quantitative estimate of drug-likeness (QED) is 0.392. The molecule has 11 heavy (non-hydrogen) atoms. The van der Waals surface area contributed by atoms with Crippen molar-refractivity contribution in [1.29, 1.82) is 0 Å². The van der Waals surface area contributed by atoms with Gasteiger partial charge in [-0.3, -0.25) is 4.98 Å².